The molecule has 1 heterocycles. The van der Waals surface area contributed by atoms with Crippen LogP contribution < -0.4 is 15.2 Å². The fourth-order valence-corrected chi connectivity index (χ4v) is 1.70. The molecule has 0 aliphatic rings. The molecule has 18 heavy (non-hydrogen) atoms. The van der Waals surface area contributed by atoms with E-state index in [-0.39, 0.29) is 0 Å². The number of aryl methyl sites for hydroxylation is 1. The van der Waals surface area contributed by atoms with Gasteiger partial charge in [-0.15, -0.1) is 0 Å². The van der Waals surface area contributed by atoms with Crippen LogP contribution >= 0.6 is 0 Å². The molecule has 0 radical (unpaired) electrons. The van der Waals surface area contributed by atoms with Gasteiger partial charge in [-0.05, 0) is 19.1 Å². The standard InChI is InChI=1S/C13H17N3O2/c1-10-15-5-6-16(10)7-8-18-13-9-11(14)3-4-12(13)17-2/h3-6,9H,7-8,14H2,1-2H3. The van der Waals surface area contributed by atoms with Crippen LogP contribution in [0.2, 0.25) is 0 Å². The average molecular weight is 247 g/mol. The summed E-state index contributed by atoms with van der Waals surface area (Å²) in [4.78, 5) is 4.15. The van der Waals surface area contributed by atoms with Gasteiger partial charge in [0.25, 0.3) is 0 Å². The Labute approximate surface area is 106 Å². The Hall–Kier alpha value is -2.17. The minimum absolute atomic E-state index is 0.539. The molecule has 96 valence electrons. The molecule has 2 N–H and O–H groups in total. The lowest BCUT2D eigenvalue weighted by Crippen LogP contribution is -2.09. The average Bonchev–Trinajstić information content (AvgIpc) is 2.76. The number of imidazole rings is 1. The van der Waals surface area contributed by atoms with Crippen LogP contribution in [0.4, 0.5) is 5.69 Å². The van der Waals surface area contributed by atoms with E-state index in [1.807, 2.05) is 17.7 Å². The first kappa shape index (κ1) is 12.3. The van der Waals surface area contributed by atoms with Crippen molar-refractivity contribution < 1.29 is 9.47 Å². The van der Waals surface area contributed by atoms with Gasteiger partial charge in [-0.2, -0.15) is 0 Å². The maximum Gasteiger partial charge on any atom is 0.163 e. The summed E-state index contributed by atoms with van der Waals surface area (Å²) in [5.41, 5.74) is 6.38. The minimum atomic E-state index is 0.539. The van der Waals surface area contributed by atoms with Crippen LogP contribution in [0.1, 0.15) is 5.82 Å². The van der Waals surface area contributed by atoms with Crippen molar-refractivity contribution >= 4 is 5.69 Å². The summed E-state index contributed by atoms with van der Waals surface area (Å²) >= 11 is 0. The number of rotatable bonds is 5. The van der Waals surface area contributed by atoms with Crippen molar-refractivity contribution in [3.63, 3.8) is 0 Å². The SMILES string of the molecule is COc1ccc(N)cc1OCCn1ccnc1C. The number of nitrogens with two attached hydrogens (primary N) is 1. The number of nitrogens with zero attached hydrogens (tertiary/aromatic N) is 2. The fourth-order valence-electron chi connectivity index (χ4n) is 1.70. The lowest BCUT2D eigenvalue weighted by atomic mass is 10.3. The van der Waals surface area contributed by atoms with E-state index in [1.165, 1.54) is 0 Å². The Morgan fingerprint density at radius 1 is 1.33 bits per heavy atom. The van der Waals surface area contributed by atoms with Gasteiger partial charge < -0.3 is 19.8 Å². The Morgan fingerprint density at radius 3 is 2.83 bits per heavy atom. The van der Waals surface area contributed by atoms with Gasteiger partial charge in [-0.3, -0.25) is 0 Å². The maximum absolute atomic E-state index is 5.72. The lowest BCUT2D eigenvalue weighted by Gasteiger charge is -2.12. The largest absolute Gasteiger partial charge is 0.493 e. The zero-order valence-corrected chi connectivity index (χ0v) is 10.6. The molecule has 2 aromatic rings. The van der Waals surface area contributed by atoms with E-state index in [2.05, 4.69) is 4.98 Å². The highest BCUT2D eigenvalue weighted by Gasteiger charge is 2.05. The lowest BCUT2D eigenvalue weighted by molar-refractivity contribution is 0.279. The van der Waals surface area contributed by atoms with Crippen molar-refractivity contribution in [1.29, 1.82) is 0 Å². The van der Waals surface area contributed by atoms with Gasteiger partial charge in [0.2, 0.25) is 0 Å². The third-order valence-electron chi connectivity index (χ3n) is 2.70. The summed E-state index contributed by atoms with van der Waals surface area (Å²) in [7, 11) is 1.61. The predicted octanol–water partition coefficient (Wildman–Crippen LogP) is 1.86. The van der Waals surface area contributed by atoms with Gasteiger partial charge in [0, 0.05) is 24.1 Å². The topological polar surface area (TPSA) is 62.3 Å². The molecule has 5 nitrogen and oxygen atoms in total. The van der Waals surface area contributed by atoms with Crippen LogP contribution in [0.25, 0.3) is 0 Å². The van der Waals surface area contributed by atoms with Crippen LogP contribution in [-0.4, -0.2) is 23.3 Å². The first-order valence-corrected chi connectivity index (χ1v) is 5.75. The second-order valence-electron chi connectivity index (χ2n) is 3.93. The second-order valence-corrected chi connectivity index (χ2v) is 3.93. The van der Waals surface area contributed by atoms with Gasteiger partial charge in [0.15, 0.2) is 11.5 Å². The van der Waals surface area contributed by atoms with Crippen molar-refractivity contribution in [3.05, 3.63) is 36.4 Å². The third kappa shape index (κ3) is 2.74. The van der Waals surface area contributed by atoms with Crippen LogP contribution in [0.15, 0.2) is 30.6 Å². The van der Waals surface area contributed by atoms with E-state index in [0.717, 1.165) is 12.4 Å². The van der Waals surface area contributed by atoms with E-state index in [9.17, 15) is 0 Å². The number of methoxy groups -OCH3 is 1. The summed E-state index contributed by atoms with van der Waals surface area (Å²) in [5, 5.41) is 0. The number of benzene rings is 1. The summed E-state index contributed by atoms with van der Waals surface area (Å²) in [5.74, 6) is 2.32. The first-order chi connectivity index (χ1) is 8.70. The monoisotopic (exact) mass is 247 g/mol. The highest BCUT2D eigenvalue weighted by atomic mass is 16.5. The molecular formula is C13H17N3O2. The molecule has 1 aromatic carbocycles. The van der Waals surface area contributed by atoms with E-state index in [1.54, 1.807) is 31.5 Å². The van der Waals surface area contributed by atoms with Gasteiger partial charge in [0.05, 0.1) is 13.7 Å². The molecule has 0 saturated heterocycles. The molecule has 0 amide bonds. The van der Waals surface area contributed by atoms with E-state index in [0.29, 0.717) is 23.8 Å². The number of hydrogen-bond donors (Lipinski definition) is 1. The number of aromatic nitrogens is 2. The van der Waals surface area contributed by atoms with Crippen molar-refractivity contribution in [3.8, 4) is 11.5 Å². The van der Waals surface area contributed by atoms with Crippen LogP contribution in [0.5, 0.6) is 11.5 Å². The van der Waals surface area contributed by atoms with Crippen molar-refractivity contribution in [2.45, 2.75) is 13.5 Å². The smallest absolute Gasteiger partial charge is 0.163 e. The Balaban J connectivity index is 1.98. The van der Waals surface area contributed by atoms with Gasteiger partial charge >= 0.3 is 0 Å². The van der Waals surface area contributed by atoms with Gasteiger partial charge in [-0.25, -0.2) is 4.98 Å². The molecule has 0 fully saturated rings. The van der Waals surface area contributed by atoms with Crippen molar-refractivity contribution in [1.82, 2.24) is 9.55 Å². The van der Waals surface area contributed by atoms with Crippen LogP contribution in [0.3, 0.4) is 0 Å². The maximum atomic E-state index is 5.72. The summed E-state index contributed by atoms with van der Waals surface area (Å²) in [6.45, 7) is 3.24. The first-order valence-electron chi connectivity index (χ1n) is 5.75. The molecule has 5 heteroatoms. The van der Waals surface area contributed by atoms with Crippen LogP contribution in [0, 0.1) is 6.92 Å². The Kier molecular flexibility index (Phi) is 3.72. The molecular weight excluding hydrogens is 230 g/mol. The summed E-state index contributed by atoms with van der Waals surface area (Å²) < 4.78 is 12.9. The fraction of sp³-hybridized carbons (Fsp3) is 0.308. The van der Waals surface area contributed by atoms with E-state index in [4.69, 9.17) is 15.2 Å². The highest BCUT2D eigenvalue weighted by molar-refractivity contribution is 5.51. The van der Waals surface area contributed by atoms with E-state index < -0.39 is 0 Å². The molecule has 1 aromatic heterocycles. The normalized spacial score (nSPS) is 10.3. The van der Waals surface area contributed by atoms with Crippen molar-refractivity contribution in [2.24, 2.45) is 0 Å². The summed E-state index contributed by atoms with van der Waals surface area (Å²) in [6.07, 6.45) is 3.70. The summed E-state index contributed by atoms with van der Waals surface area (Å²) in [6, 6.07) is 5.35. The molecule has 0 bridgehead atoms. The highest BCUT2D eigenvalue weighted by Crippen LogP contribution is 2.28. The predicted molar refractivity (Wildman–Crippen MR) is 69.9 cm³/mol. The number of hydrogen-bond acceptors (Lipinski definition) is 4. The second kappa shape index (κ2) is 5.44. The van der Waals surface area contributed by atoms with Crippen molar-refractivity contribution in [2.75, 3.05) is 19.5 Å². The zero-order chi connectivity index (χ0) is 13.0. The number of nitrogen functional groups attached to an aromatic ring is 1. The van der Waals surface area contributed by atoms with E-state index >= 15 is 0 Å². The molecule has 0 aliphatic carbocycles. The molecule has 0 atom stereocenters. The molecule has 0 spiro atoms. The van der Waals surface area contributed by atoms with Gasteiger partial charge in [-0.1, -0.05) is 0 Å². The Bertz CT molecular complexity index is 523. The molecule has 0 saturated carbocycles. The van der Waals surface area contributed by atoms with Crippen LogP contribution in [-0.2, 0) is 6.54 Å². The third-order valence-corrected chi connectivity index (χ3v) is 2.70. The molecule has 2 rings (SSSR count). The molecule has 0 unspecified atom stereocenters. The Morgan fingerprint density at radius 2 is 2.17 bits per heavy atom. The minimum Gasteiger partial charge on any atom is -0.493 e. The van der Waals surface area contributed by atoms with Gasteiger partial charge in [0.1, 0.15) is 12.4 Å². The number of anilines is 1. The zero-order valence-electron chi connectivity index (χ0n) is 10.6. The quantitative estimate of drug-likeness (QED) is 0.819. The molecule has 0 aliphatic heterocycles. The number of ether oxygens (including phenoxy) is 2.